The Labute approximate surface area is 133 Å². The Morgan fingerprint density at radius 2 is 2.29 bits per heavy atom. The smallest absolute Gasteiger partial charge is 0.326 e. The number of carbonyl (C=O) groups excluding carboxylic acids is 1. The number of rotatable bonds is 4. The van der Waals surface area contributed by atoms with Gasteiger partial charge < -0.3 is 10.0 Å². The predicted octanol–water partition coefficient (Wildman–Crippen LogP) is 3.52. The summed E-state index contributed by atoms with van der Waals surface area (Å²) in [6.45, 7) is 2.56. The van der Waals surface area contributed by atoms with Gasteiger partial charge in [0.1, 0.15) is 6.04 Å². The molecule has 2 rings (SSSR count). The molecule has 1 aromatic heterocycles. The number of aliphatic carboxylic acids is 1. The van der Waals surface area contributed by atoms with Gasteiger partial charge in [0.15, 0.2) is 0 Å². The first-order valence-electron chi connectivity index (χ1n) is 6.98. The monoisotopic (exact) mass is 327 g/mol. The zero-order valence-electron chi connectivity index (χ0n) is 11.8. The van der Waals surface area contributed by atoms with Gasteiger partial charge in [-0.05, 0) is 37.0 Å². The summed E-state index contributed by atoms with van der Waals surface area (Å²) in [7, 11) is 0. The third-order valence-electron chi connectivity index (χ3n) is 3.84. The Morgan fingerprint density at radius 3 is 2.86 bits per heavy atom. The van der Waals surface area contributed by atoms with Crippen molar-refractivity contribution in [2.45, 2.75) is 32.2 Å². The molecule has 1 fully saturated rings. The fraction of sp³-hybridized carbons (Fsp3) is 0.467. The molecule has 1 aliphatic rings. The van der Waals surface area contributed by atoms with E-state index in [4.69, 9.17) is 11.6 Å². The number of nitrogens with zero attached hydrogens (tertiary/aromatic N) is 1. The van der Waals surface area contributed by atoms with Gasteiger partial charge in [0.05, 0.1) is 4.34 Å². The molecule has 1 aromatic rings. The molecule has 2 heterocycles. The Balaban J connectivity index is 2.06. The number of piperidine rings is 1. The van der Waals surface area contributed by atoms with Crippen molar-refractivity contribution in [3.8, 4) is 0 Å². The van der Waals surface area contributed by atoms with Crippen molar-refractivity contribution >= 4 is 40.9 Å². The number of hydrogen-bond donors (Lipinski definition) is 1. The van der Waals surface area contributed by atoms with Gasteiger partial charge in [-0.25, -0.2) is 4.79 Å². The van der Waals surface area contributed by atoms with Crippen LogP contribution in [0.15, 0.2) is 18.2 Å². The highest BCUT2D eigenvalue weighted by molar-refractivity contribution is 7.17. The third kappa shape index (κ3) is 4.08. The van der Waals surface area contributed by atoms with E-state index in [-0.39, 0.29) is 5.91 Å². The van der Waals surface area contributed by atoms with Crippen LogP contribution in [0.3, 0.4) is 0 Å². The average molecular weight is 328 g/mol. The number of carbonyl (C=O) groups is 2. The Kier molecular flexibility index (Phi) is 5.42. The van der Waals surface area contributed by atoms with Gasteiger partial charge in [0.25, 0.3) is 0 Å². The number of hydrogen-bond acceptors (Lipinski definition) is 3. The summed E-state index contributed by atoms with van der Waals surface area (Å²) < 4.78 is 0.661. The second-order valence-corrected chi connectivity index (χ2v) is 6.91. The maximum absolute atomic E-state index is 12.2. The van der Waals surface area contributed by atoms with Crippen molar-refractivity contribution in [2.75, 3.05) is 6.54 Å². The second kappa shape index (κ2) is 7.09. The Hall–Kier alpha value is -1.33. The highest BCUT2D eigenvalue weighted by atomic mass is 35.5. The lowest BCUT2D eigenvalue weighted by atomic mass is 9.89. The van der Waals surface area contributed by atoms with E-state index in [0.29, 0.717) is 23.2 Å². The van der Waals surface area contributed by atoms with E-state index < -0.39 is 12.0 Å². The number of carboxylic acids is 1. The van der Waals surface area contributed by atoms with Gasteiger partial charge in [0.2, 0.25) is 5.91 Å². The van der Waals surface area contributed by atoms with Crippen LogP contribution in [0.1, 0.15) is 31.1 Å². The summed E-state index contributed by atoms with van der Waals surface area (Å²) in [4.78, 5) is 25.9. The van der Waals surface area contributed by atoms with E-state index in [1.54, 1.807) is 12.1 Å². The quantitative estimate of drug-likeness (QED) is 0.861. The van der Waals surface area contributed by atoms with Crippen LogP contribution in [-0.4, -0.2) is 34.5 Å². The number of halogens is 1. The molecule has 6 heteroatoms. The van der Waals surface area contributed by atoms with Crippen LogP contribution in [0.2, 0.25) is 4.34 Å². The Morgan fingerprint density at radius 1 is 1.52 bits per heavy atom. The van der Waals surface area contributed by atoms with Gasteiger partial charge in [-0.15, -0.1) is 11.3 Å². The highest BCUT2D eigenvalue weighted by Crippen LogP contribution is 2.26. The summed E-state index contributed by atoms with van der Waals surface area (Å²) in [5.74, 6) is -0.786. The van der Waals surface area contributed by atoms with Gasteiger partial charge in [-0.3, -0.25) is 4.79 Å². The normalized spacial score (nSPS) is 22.7. The van der Waals surface area contributed by atoms with E-state index in [2.05, 4.69) is 6.92 Å². The van der Waals surface area contributed by atoms with Crippen molar-refractivity contribution in [2.24, 2.45) is 5.92 Å². The molecular formula is C15H18ClNO3S. The molecular weight excluding hydrogens is 310 g/mol. The van der Waals surface area contributed by atoms with Crippen molar-refractivity contribution in [3.63, 3.8) is 0 Å². The predicted molar refractivity (Wildman–Crippen MR) is 84.5 cm³/mol. The zero-order valence-corrected chi connectivity index (χ0v) is 13.4. The van der Waals surface area contributed by atoms with Gasteiger partial charge in [-0.2, -0.15) is 0 Å². The number of amides is 1. The zero-order chi connectivity index (χ0) is 15.4. The molecule has 0 radical (unpaired) electrons. The van der Waals surface area contributed by atoms with Crippen LogP contribution in [0, 0.1) is 5.92 Å². The topological polar surface area (TPSA) is 57.6 Å². The van der Waals surface area contributed by atoms with Crippen molar-refractivity contribution in [1.29, 1.82) is 0 Å². The molecule has 2 atom stereocenters. The van der Waals surface area contributed by atoms with Crippen LogP contribution >= 0.6 is 22.9 Å². The van der Waals surface area contributed by atoms with E-state index in [9.17, 15) is 14.7 Å². The molecule has 2 unspecified atom stereocenters. The lowest BCUT2D eigenvalue weighted by Gasteiger charge is -2.36. The summed E-state index contributed by atoms with van der Waals surface area (Å²) in [5, 5.41) is 9.33. The summed E-state index contributed by atoms with van der Waals surface area (Å²) in [6.07, 6.45) is 5.48. The molecule has 1 N–H and O–H groups in total. The molecule has 21 heavy (non-hydrogen) atoms. The molecule has 4 nitrogen and oxygen atoms in total. The molecule has 1 saturated heterocycles. The fourth-order valence-corrected chi connectivity index (χ4v) is 3.54. The number of carboxylic acid groups (broad SMARTS) is 1. The standard InChI is InChI=1S/C15H18ClNO3S/c1-2-10-7-8-17(12(9-10)15(19)20)14(18)6-4-11-3-5-13(16)21-11/h3-6,10,12H,2,7-9H2,1H3,(H,19,20)/b6-4+. The lowest BCUT2D eigenvalue weighted by Crippen LogP contribution is -2.49. The fourth-order valence-electron chi connectivity index (χ4n) is 2.57. The molecule has 0 saturated carbocycles. The minimum absolute atomic E-state index is 0.249. The van der Waals surface area contributed by atoms with Crippen LogP contribution < -0.4 is 0 Å². The van der Waals surface area contributed by atoms with Crippen LogP contribution in [0.4, 0.5) is 0 Å². The molecule has 1 amide bonds. The van der Waals surface area contributed by atoms with Gasteiger partial charge >= 0.3 is 5.97 Å². The average Bonchev–Trinajstić information content (AvgIpc) is 2.89. The highest BCUT2D eigenvalue weighted by Gasteiger charge is 2.34. The molecule has 0 bridgehead atoms. The van der Waals surface area contributed by atoms with E-state index in [0.717, 1.165) is 17.7 Å². The van der Waals surface area contributed by atoms with E-state index in [1.807, 2.05) is 6.07 Å². The molecule has 114 valence electrons. The lowest BCUT2D eigenvalue weighted by molar-refractivity contribution is -0.151. The molecule has 0 aliphatic carbocycles. The maximum Gasteiger partial charge on any atom is 0.326 e. The minimum atomic E-state index is -0.922. The van der Waals surface area contributed by atoms with E-state index in [1.165, 1.54) is 22.3 Å². The van der Waals surface area contributed by atoms with Crippen LogP contribution in [0.5, 0.6) is 0 Å². The molecule has 1 aliphatic heterocycles. The summed E-state index contributed by atoms with van der Waals surface area (Å²) >= 11 is 7.21. The first kappa shape index (κ1) is 16.0. The summed E-state index contributed by atoms with van der Waals surface area (Å²) in [5.41, 5.74) is 0. The minimum Gasteiger partial charge on any atom is -0.480 e. The Bertz CT molecular complexity index is 555. The van der Waals surface area contributed by atoms with Crippen molar-refractivity contribution in [3.05, 3.63) is 27.4 Å². The number of likely N-dealkylation sites (tertiary alicyclic amines) is 1. The second-order valence-electron chi connectivity index (χ2n) is 5.16. The summed E-state index contributed by atoms with van der Waals surface area (Å²) in [6, 6.07) is 2.88. The first-order valence-corrected chi connectivity index (χ1v) is 8.17. The van der Waals surface area contributed by atoms with E-state index >= 15 is 0 Å². The first-order chi connectivity index (χ1) is 10.0. The number of thiophene rings is 1. The maximum atomic E-state index is 12.2. The SMILES string of the molecule is CCC1CCN(C(=O)/C=C/c2ccc(Cl)s2)C(C(=O)O)C1. The van der Waals surface area contributed by atoms with Gasteiger partial charge in [-0.1, -0.05) is 24.9 Å². The van der Waals surface area contributed by atoms with Crippen LogP contribution in [-0.2, 0) is 9.59 Å². The molecule has 0 aromatic carbocycles. The largest absolute Gasteiger partial charge is 0.480 e. The molecule has 0 spiro atoms. The van der Waals surface area contributed by atoms with Crippen LogP contribution in [0.25, 0.3) is 6.08 Å². The third-order valence-corrected chi connectivity index (χ3v) is 5.04. The van der Waals surface area contributed by atoms with Crippen molar-refractivity contribution in [1.82, 2.24) is 4.90 Å². The van der Waals surface area contributed by atoms with Crippen molar-refractivity contribution < 1.29 is 14.7 Å². The van der Waals surface area contributed by atoms with Gasteiger partial charge in [0, 0.05) is 17.5 Å².